The average molecular weight is 559 g/mol. The van der Waals surface area contributed by atoms with Gasteiger partial charge in [0.25, 0.3) is 17.7 Å². The van der Waals surface area contributed by atoms with Crippen LogP contribution in [-0.4, -0.2) is 45.7 Å². The van der Waals surface area contributed by atoms with Gasteiger partial charge in [-0.05, 0) is 54.6 Å². The SMILES string of the molecule is Oc1cccc(-c2noc(-c3cc(-c4nc(-c5cccc(O)c5)no4)cc(-c4nc(-c5cccc(O)c5)no4)c3)n2)c1. The summed E-state index contributed by atoms with van der Waals surface area (Å²) in [7, 11) is 0. The molecule has 0 aliphatic heterocycles. The molecular formula is C30H18N6O6. The van der Waals surface area contributed by atoms with E-state index >= 15 is 0 Å². The van der Waals surface area contributed by atoms with Crippen molar-refractivity contribution < 1.29 is 28.9 Å². The predicted molar refractivity (Wildman–Crippen MR) is 148 cm³/mol. The van der Waals surface area contributed by atoms with Crippen LogP contribution in [-0.2, 0) is 0 Å². The first-order valence-corrected chi connectivity index (χ1v) is 12.5. The number of phenolic OH excluding ortho intramolecular Hbond substituents is 3. The van der Waals surface area contributed by atoms with Crippen molar-refractivity contribution in [3.8, 4) is 85.8 Å². The molecule has 12 heteroatoms. The van der Waals surface area contributed by atoms with Crippen molar-refractivity contribution in [2.24, 2.45) is 0 Å². The van der Waals surface area contributed by atoms with Crippen LogP contribution in [0.1, 0.15) is 0 Å². The summed E-state index contributed by atoms with van der Waals surface area (Å²) in [6.45, 7) is 0. The van der Waals surface area contributed by atoms with E-state index in [4.69, 9.17) is 13.6 Å². The molecule has 7 rings (SSSR count). The van der Waals surface area contributed by atoms with E-state index in [1.54, 1.807) is 72.8 Å². The highest BCUT2D eigenvalue weighted by Gasteiger charge is 2.20. The maximum atomic E-state index is 9.86. The zero-order chi connectivity index (χ0) is 28.6. The van der Waals surface area contributed by atoms with Crippen LogP contribution in [0, 0.1) is 0 Å². The van der Waals surface area contributed by atoms with Crippen molar-refractivity contribution in [3.05, 3.63) is 91.0 Å². The summed E-state index contributed by atoms with van der Waals surface area (Å²) >= 11 is 0. The molecule has 0 radical (unpaired) electrons. The molecule has 0 bridgehead atoms. The van der Waals surface area contributed by atoms with Crippen molar-refractivity contribution >= 4 is 0 Å². The number of hydrogen-bond donors (Lipinski definition) is 3. The van der Waals surface area contributed by atoms with E-state index in [0.717, 1.165) is 0 Å². The Labute approximate surface area is 236 Å². The molecule has 0 amide bonds. The van der Waals surface area contributed by atoms with E-state index in [1.807, 2.05) is 0 Å². The standard InChI is InChI=1S/C30H18N6O6/c37-22-7-1-4-16(13-22)25-31-28(40-34-25)19-10-20(29-32-26(35-41-29)17-5-2-8-23(38)14-17)12-21(11-19)30-33-27(36-42-30)18-6-3-9-24(39)15-18/h1-15,37-39H. The summed E-state index contributed by atoms with van der Waals surface area (Å²) in [5.74, 6) is 1.58. The molecule has 0 aliphatic carbocycles. The van der Waals surface area contributed by atoms with Gasteiger partial charge in [-0.1, -0.05) is 51.9 Å². The van der Waals surface area contributed by atoms with Gasteiger partial charge in [0, 0.05) is 33.4 Å². The van der Waals surface area contributed by atoms with Gasteiger partial charge in [-0.3, -0.25) is 0 Å². The minimum atomic E-state index is 0.0704. The van der Waals surface area contributed by atoms with Crippen LogP contribution in [0.3, 0.4) is 0 Å². The highest BCUT2D eigenvalue weighted by atomic mass is 16.5. The molecular weight excluding hydrogens is 540 g/mol. The Bertz CT molecular complexity index is 1820. The lowest BCUT2D eigenvalue weighted by Gasteiger charge is -2.02. The highest BCUT2D eigenvalue weighted by Crippen LogP contribution is 2.34. The Kier molecular flexibility index (Phi) is 5.90. The van der Waals surface area contributed by atoms with Crippen LogP contribution in [0.25, 0.3) is 68.5 Å². The number of phenols is 3. The monoisotopic (exact) mass is 558 g/mol. The Morgan fingerprint density at radius 1 is 0.381 bits per heavy atom. The number of aromatic nitrogens is 6. The second-order valence-corrected chi connectivity index (χ2v) is 9.22. The number of rotatable bonds is 6. The minimum absolute atomic E-state index is 0.0704. The van der Waals surface area contributed by atoms with Gasteiger partial charge in [0.2, 0.25) is 17.5 Å². The fourth-order valence-corrected chi connectivity index (χ4v) is 4.31. The first-order valence-electron chi connectivity index (χ1n) is 12.5. The Hall–Kier alpha value is -6.30. The molecule has 0 atom stereocenters. The van der Waals surface area contributed by atoms with E-state index in [2.05, 4.69) is 30.4 Å². The number of hydrogen-bond acceptors (Lipinski definition) is 12. The van der Waals surface area contributed by atoms with Gasteiger partial charge in [-0.15, -0.1) is 0 Å². The molecule has 0 saturated carbocycles. The van der Waals surface area contributed by atoms with E-state index in [0.29, 0.717) is 33.4 Å². The Morgan fingerprint density at radius 2 is 0.690 bits per heavy atom. The van der Waals surface area contributed by atoms with Crippen LogP contribution < -0.4 is 0 Å². The topological polar surface area (TPSA) is 177 Å². The average Bonchev–Trinajstić information content (AvgIpc) is 3.78. The summed E-state index contributed by atoms with van der Waals surface area (Å²) < 4.78 is 16.7. The molecule has 204 valence electrons. The third kappa shape index (κ3) is 4.79. The van der Waals surface area contributed by atoms with Crippen LogP contribution >= 0.6 is 0 Å². The smallest absolute Gasteiger partial charge is 0.258 e. The van der Waals surface area contributed by atoms with Gasteiger partial charge in [0.15, 0.2) is 0 Å². The van der Waals surface area contributed by atoms with Crippen molar-refractivity contribution in [1.82, 2.24) is 30.4 Å². The minimum Gasteiger partial charge on any atom is -0.508 e. The zero-order valence-corrected chi connectivity index (χ0v) is 21.4. The molecule has 3 aromatic heterocycles. The fraction of sp³-hybridized carbons (Fsp3) is 0. The lowest BCUT2D eigenvalue weighted by Crippen LogP contribution is -1.88. The van der Waals surface area contributed by atoms with E-state index in [1.165, 1.54) is 18.2 Å². The molecule has 0 fully saturated rings. The molecule has 7 aromatic rings. The highest BCUT2D eigenvalue weighted by molar-refractivity contribution is 5.75. The molecule has 0 saturated heterocycles. The summed E-state index contributed by atoms with van der Waals surface area (Å²) in [6.07, 6.45) is 0. The molecule has 0 aliphatic rings. The van der Waals surface area contributed by atoms with Crippen LogP contribution in [0.15, 0.2) is 105 Å². The summed E-state index contributed by atoms with van der Waals surface area (Å²) in [4.78, 5) is 13.5. The van der Waals surface area contributed by atoms with Gasteiger partial charge in [0.05, 0.1) is 0 Å². The summed E-state index contributed by atoms with van der Waals surface area (Å²) in [6, 6.07) is 24.7. The quantitative estimate of drug-likeness (QED) is 0.219. The molecule has 4 aromatic carbocycles. The van der Waals surface area contributed by atoms with Crippen LogP contribution in [0.2, 0.25) is 0 Å². The second-order valence-electron chi connectivity index (χ2n) is 9.22. The zero-order valence-electron chi connectivity index (χ0n) is 21.4. The van der Waals surface area contributed by atoms with E-state index in [-0.39, 0.29) is 52.4 Å². The lowest BCUT2D eigenvalue weighted by atomic mass is 10.0. The molecule has 0 spiro atoms. The van der Waals surface area contributed by atoms with Crippen molar-refractivity contribution in [2.45, 2.75) is 0 Å². The summed E-state index contributed by atoms with van der Waals surface area (Å²) in [5.41, 5.74) is 3.20. The lowest BCUT2D eigenvalue weighted by molar-refractivity contribution is 0.429. The van der Waals surface area contributed by atoms with Crippen molar-refractivity contribution in [2.75, 3.05) is 0 Å². The second kappa shape index (κ2) is 10.0. The maximum Gasteiger partial charge on any atom is 0.258 e. The number of benzene rings is 4. The predicted octanol–water partition coefficient (Wildman–Crippen LogP) is 5.95. The molecule has 12 nitrogen and oxygen atoms in total. The first-order chi connectivity index (χ1) is 20.5. The van der Waals surface area contributed by atoms with Gasteiger partial charge < -0.3 is 28.9 Å². The normalized spacial score (nSPS) is 11.1. The largest absolute Gasteiger partial charge is 0.508 e. The van der Waals surface area contributed by atoms with Crippen molar-refractivity contribution in [3.63, 3.8) is 0 Å². The Morgan fingerprint density at radius 3 is 0.976 bits per heavy atom. The number of nitrogens with zero attached hydrogens (tertiary/aromatic N) is 6. The molecule has 0 unspecified atom stereocenters. The van der Waals surface area contributed by atoms with Gasteiger partial charge in [-0.25, -0.2) is 0 Å². The molecule has 3 N–H and O–H groups in total. The third-order valence-electron chi connectivity index (χ3n) is 6.27. The summed E-state index contributed by atoms with van der Waals surface area (Å²) in [5, 5.41) is 41.8. The maximum absolute atomic E-state index is 9.86. The third-order valence-corrected chi connectivity index (χ3v) is 6.27. The van der Waals surface area contributed by atoms with Gasteiger partial charge in [-0.2, -0.15) is 15.0 Å². The molecule has 3 heterocycles. The van der Waals surface area contributed by atoms with Crippen LogP contribution in [0.4, 0.5) is 0 Å². The first kappa shape index (κ1) is 24.7. The van der Waals surface area contributed by atoms with E-state index in [9.17, 15) is 15.3 Å². The van der Waals surface area contributed by atoms with Gasteiger partial charge >= 0.3 is 0 Å². The fourth-order valence-electron chi connectivity index (χ4n) is 4.31. The van der Waals surface area contributed by atoms with E-state index < -0.39 is 0 Å². The van der Waals surface area contributed by atoms with Crippen LogP contribution in [0.5, 0.6) is 17.2 Å². The number of aromatic hydroxyl groups is 3. The van der Waals surface area contributed by atoms with Crippen molar-refractivity contribution in [1.29, 1.82) is 0 Å². The Balaban J connectivity index is 1.32. The molecule has 42 heavy (non-hydrogen) atoms. The van der Waals surface area contributed by atoms with Gasteiger partial charge in [0.1, 0.15) is 17.2 Å².